The van der Waals surface area contributed by atoms with Crippen LogP contribution in [0.25, 0.3) is 0 Å². The Morgan fingerprint density at radius 2 is 1.84 bits per heavy atom. The van der Waals surface area contributed by atoms with Crippen molar-refractivity contribution in [3.05, 3.63) is 39.9 Å². The third-order valence-electron chi connectivity index (χ3n) is 2.93. The first-order chi connectivity index (χ1) is 11.5. The first kappa shape index (κ1) is 22.2. The highest BCUT2D eigenvalue weighted by Crippen LogP contribution is 2.54. The fourth-order valence-electron chi connectivity index (χ4n) is 1.57. The predicted octanol–water partition coefficient (Wildman–Crippen LogP) is 3.93. The Balaban J connectivity index is 2.69. The highest BCUT2D eigenvalue weighted by atomic mass is 79.9. The summed E-state index contributed by atoms with van der Waals surface area (Å²) in [5.41, 5.74) is 0.500. The summed E-state index contributed by atoms with van der Waals surface area (Å²) < 4.78 is 30.3. The van der Waals surface area contributed by atoms with E-state index in [0.717, 1.165) is 14.2 Å². The average Bonchev–Trinajstić information content (AvgIpc) is 2.58. The van der Waals surface area contributed by atoms with Crippen LogP contribution in [0.15, 0.2) is 24.3 Å². The Hall–Kier alpha value is -0.840. The molecule has 1 aromatic carbocycles. The van der Waals surface area contributed by atoms with E-state index in [2.05, 4.69) is 40.9 Å². The number of halogens is 2. The summed E-state index contributed by atoms with van der Waals surface area (Å²) in [5.74, 6) is -0.712. The molecule has 0 N–H and O–H groups in total. The van der Waals surface area contributed by atoms with E-state index in [-0.39, 0.29) is 12.3 Å². The van der Waals surface area contributed by atoms with Gasteiger partial charge in [0, 0.05) is 26.4 Å². The van der Waals surface area contributed by atoms with Crippen LogP contribution in [0, 0.1) is 10.1 Å². The van der Waals surface area contributed by atoms with Gasteiger partial charge in [0.15, 0.2) is 9.34 Å². The Bertz CT molecular complexity index is 658. The van der Waals surface area contributed by atoms with Crippen LogP contribution in [-0.2, 0) is 34.3 Å². The van der Waals surface area contributed by atoms with Crippen LogP contribution in [-0.4, -0.2) is 34.4 Å². The maximum absolute atomic E-state index is 12.1. The van der Waals surface area contributed by atoms with Gasteiger partial charge in [0.2, 0.25) is 0 Å². The van der Waals surface area contributed by atoms with E-state index < -0.39 is 28.1 Å². The number of ether oxygens (including phenoxy) is 1. The summed E-state index contributed by atoms with van der Waals surface area (Å²) in [4.78, 5) is 21.2. The molecule has 0 fully saturated rings. The van der Waals surface area contributed by atoms with Crippen molar-refractivity contribution >= 4 is 51.3 Å². The van der Waals surface area contributed by atoms with Gasteiger partial charge in [0.25, 0.3) is 5.69 Å². The van der Waals surface area contributed by atoms with Crippen molar-refractivity contribution in [1.29, 1.82) is 0 Å². The van der Waals surface area contributed by atoms with E-state index in [1.54, 1.807) is 0 Å². The summed E-state index contributed by atoms with van der Waals surface area (Å²) >= 11 is 6.25. The van der Waals surface area contributed by atoms with Gasteiger partial charge >= 0.3 is 13.8 Å². The molecular formula is C13H16Br2NO8P. The van der Waals surface area contributed by atoms with Crippen LogP contribution in [0.5, 0.6) is 0 Å². The van der Waals surface area contributed by atoms with Crippen molar-refractivity contribution in [3.63, 3.8) is 0 Å². The zero-order valence-corrected chi connectivity index (χ0v) is 17.6. The Morgan fingerprint density at radius 1 is 1.32 bits per heavy atom. The fraction of sp³-hybridized carbons (Fsp3) is 0.462. The molecule has 1 rings (SSSR count). The molecule has 2 unspecified atom stereocenters. The standard InChI is InChI=1S/C13H16Br2NO8P/c1-13(15,24-25(20,21-2)22-3)11(14)12(17)23-8-9-4-6-10(7-5-9)16(18)19/h4-7,11H,8H2,1-3H3. The third-order valence-corrected chi connectivity index (χ3v) is 7.15. The Morgan fingerprint density at radius 3 is 2.28 bits per heavy atom. The van der Waals surface area contributed by atoms with Crippen molar-refractivity contribution in [1.82, 2.24) is 0 Å². The highest BCUT2D eigenvalue weighted by molar-refractivity contribution is 9.12. The van der Waals surface area contributed by atoms with Crippen LogP contribution in [0.2, 0.25) is 0 Å². The van der Waals surface area contributed by atoms with Crippen LogP contribution in [0.1, 0.15) is 12.5 Å². The van der Waals surface area contributed by atoms with Crippen molar-refractivity contribution in [2.75, 3.05) is 14.2 Å². The molecule has 9 nitrogen and oxygen atoms in total. The number of phosphoric ester groups is 1. The molecule has 0 amide bonds. The maximum Gasteiger partial charge on any atom is 0.475 e. The Labute approximate surface area is 161 Å². The van der Waals surface area contributed by atoms with Crippen LogP contribution < -0.4 is 0 Å². The summed E-state index contributed by atoms with van der Waals surface area (Å²) in [5, 5.41) is 10.6. The number of rotatable bonds is 9. The number of hydrogen-bond acceptors (Lipinski definition) is 8. The molecule has 2 atom stereocenters. The number of phosphoric acid groups is 1. The molecular weight excluding hydrogens is 489 g/mol. The van der Waals surface area contributed by atoms with Crippen molar-refractivity contribution < 1.29 is 32.6 Å². The molecule has 0 aliphatic rings. The summed E-state index contributed by atoms with van der Waals surface area (Å²) in [7, 11) is -1.55. The summed E-state index contributed by atoms with van der Waals surface area (Å²) in [6.07, 6.45) is 0. The lowest BCUT2D eigenvalue weighted by molar-refractivity contribution is -0.384. The van der Waals surface area contributed by atoms with E-state index in [9.17, 15) is 19.5 Å². The van der Waals surface area contributed by atoms with Gasteiger partial charge in [-0.2, -0.15) is 0 Å². The Kier molecular flexibility index (Phi) is 8.17. The van der Waals surface area contributed by atoms with Gasteiger partial charge in [-0.3, -0.25) is 28.5 Å². The monoisotopic (exact) mass is 503 g/mol. The molecule has 12 heteroatoms. The molecule has 0 spiro atoms. The van der Waals surface area contributed by atoms with Crippen molar-refractivity contribution in [2.24, 2.45) is 0 Å². The lowest BCUT2D eigenvalue weighted by Gasteiger charge is -2.29. The number of carbonyl (C=O) groups is 1. The van der Waals surface area contributed by atoms with E-state index in [0.29, 0.717) is 5.56 Å². The lowest BCUT2D eigenvalue weighted by Crippen LogP contribution is -2.38. The quantitative estimate of drug-likeness (QED) is 0.163. The number of nitro groups is 1. The fourth-order valence-corrected chi connectivity index (χ4v) is 3.50. The molecule has 0 bridgehead atoms. The number of hydrogen-bond donors (Lipinski definition) is 0. The number of nitro benzene ring substituents is 1. The zero-order valence-electron chi connectivity index (χ0n) is 13.5. The molecule has 0 aliphatic carbocycles. The predicted molar refractivity (Wildman–Crippen MR) is 95.6 cm³/mol. The van der Waals surface area contributed by atoms with Crippen molar-refractivity contribution in [3.8, 4) is 0 Å². The van der Waals surface area contributed by atoms with Gasteiger partial charge in [0.1, 0.15) is 6.61 Å². The lowest BCUT2D eigenvalue weighted by atomic mass is 10.2. The van der Waals surface area contributed by atoms with E-state index in [1.165, 1.54) is 31.2 Å². The number of esters is 1. The largest absolute Gasteiger partial charge is 0.475 e. The van der Waals surface area contributed by atoms with Crippen LogP contribution in [0.3, 0.4) is 0 Å². The number of alkyl halides is 2. The second kappa shape index (κ2) is 9.20. The number of nitrogens with zero attached hydrogens (tertiary/aromatic N) is 1. The number of benzene rings is 1. The first-order valence-corrected chi connectivity index (χ1v) is 9.87. The van der Waals surface area contributed by atoms with Crippen molar-refractivity contribution in [2.45, 2.75) is 22.9 Å². The third kappa shape index (κ3) is 6.43. The summed E-state index contributed by atoms with van der Waals surface area (Å²) in [6, 6.07) is 5.56. The van der Waals surface area contributed by atoms with Gasteiger partial charge < -0.3 is 4.74 Å². The minimum atomic E-state index is -3.84. The van der Waals surface area contributed by atoms with E-state index in [1.807, 2.05) is 0 Å². The van der Waals surface area contributed by atoms with E-state index >= 15 is 0 Å². The van der Waals surface area contributed by atoms with Crippen LogP contribution >= 0.6 is 39.7 Å². The van der Waals surface area contributed by atoms with E-state index in [4.69, 9.17) is 9.26 Å². The van der Waals surface area contributed by atoms with Gasteiger partial charge in [-0.1, -0.05) is 31.9 Å². The molecule has 140 valence electrons. The average molecular weight is 505 g/mol. The molecule has 0 aromatic heterocycles. The normalized spacial score (nSPS) is 15.2. The highest BCUT2D eigenvalue weighted by Gasteiger charge is 2.44. The van der Waals surface area contributed by atoms with Gasteiger partial charge in [-0.25, -0.2) is 4.57 Å². The molecule has 0 saturated carbocycles. The first-order valence-electron chi connectivity index (χ1n) is 6.70. The maximum atomic E-state index is 12.1. The SMILES string of the molecule is COP(=O)(OC)OC(C)(Br)C(Br)C(=O)OCc1ccc([N+](=O)[O-])cc1. The van der Waals surface area contributed by atoms with Crippen LogP contribution in [0.4, 0.5) is 5.69 Å². The second-order valence-corrected chi connectivity index (χ2v) is 9.08. The van der Waals surface area contributed by atoms with Gasteiger partial charge in [-0.05, 0) is 24.6 Å². The summed E-state index contributed by atoms with van der Waals surface area (Å²) in [6.45, 7) is 1.33. The molecule has 0 heterocycles. The smallest absolute Gasteiger partial charge is 0.460 e. The number of non-ortho nitro benzene ring substituents is 1. The zero-order chi connectivity index (χ0) is 19.3. The van der Waals surface area contributed by atoms with Gasteiger partial charge in [0.05, 0.1) is 4.92 Å². The molecule has 0 saturated heterocycles. The molecule has 1 aromatic rings. The molecule has 0 radical (unpaired) electrons. The molecule has 0 aliphatic heterocycles. The van der Waals surface area contributed by atoms with Gasteiger partial charge in [-0.15, -0.1) is 0 Å². The minimum absolute atomic E-state index is 0.0650. The molecule has 25 heavy (non-hydrogen) atoms. The topological polar surface area (TPSA) is 114 Å². The minimum Gasteiger partial charge on any atom is -0.460 e. The second-order valence-electron chi connectivity index (χ2n) is 4.78. The number of carbonyl (C=O) groups excluding carboxylic acids is 1.